The topological polar surface area (TPSA) is 0 Å². The van der Waals surface area contributed by atoms with Crippen LogP contribution in [0, 0.1) is 11.8 Å². The first-order chi connectivity index (χ1) is 18.0. The van der Waals surface area contributed by atoms with Crippen molar-refractivity contribution in [2.45, 2.75) is 135 Å². The summed E-state index contributed by atoms with van der Waals surface area (Å²) in [4.78, 5) is 0. The lowest BCUT2D eigenvalue weighted by Crippen LogP contribution is -2.47. The third kappa shape index (κ3) is 4.99. The van der Waals surface area contributed by atoms with E-state index in [-0.39, 0.29) is 5.41 Å². The van der Waals surface area contributed by atoms with Gasteiger partial charge in [0.1, 0.15) is 0 Å². The highest BCUT2D eigenvalue weighted by Crippen LogP contribution is 2.55. The summed E-state index contributed by atoms with van der Waals surface area (Å²) in [5.74, 6) is 1.59. The standard InChI is InChI=1S/C35H56Si2/c1-7-36(8-2,9-3)33-25-21-31(22-26-33)35(29-17-13-14-18-29,30-19-15-16-20-30)32-23-27-34(28-24-32)37(10-4,11-5)12-6/h21-30H,7-20H2,1-6H3. The highest BCUT2D eigenvalue weighted by atomic mass is 28.3. The number of hydrogen-bond acceptors (Lipinski definition) is 0. The van der Waals surface area contributed by atoms with E-state index in [9.17, 15) is 0 Å². The molecule has 2 aliphatic carbocycles. The molecule has 0 atom stereocenters. The first kappa shape index (κ1) is 28.9. The van der Waals surface area contributed by atoms with Gasteiger partial charge in [-0.05, 0) is 48.6 Å². The van der Waals surface area contributed by atoms with Crippen LogP contribution >= 0.6 is 0 Å². The Labute approximate surface area is 232 Å². The van der Waals surface area contributed by atoms with E-state index in [0.29, 0.717) is 0 Å². The molecular weight excluding hydrogens is 477 g/mol. The van der Waals surface area contributed by atoms with Gasteiger partial charge in [-0.15, -0.1) is 0 Å². The van der Waals surface area contributed by atoms with E-state index in [1.165, 1.54) is 87.6 Å². The molecule has 2 aromatic carbocycles. The zero-order valence-corrected chi connectivity index (χ0v) is 27.2. The third-order valence-electron chi connectivity index (χ3n) is 12.0. The van der Waals surface area contributed by atoms with Gasteiger partial charge in [0.2, 0.25) is 0 Å². The Kier molecular flexibility index (Phi) is 9.65. The van der Waals surface area contributed by atoms with Gasteiger partial charge in [0.15, 0.2) is 0 Å². The maximum Gasteiger partial charge on any atom is 0.0859 e. The SMILES string of the molecule is CC[Si](CC)(CC)c1ccc(C(c2ccc([Si](CC)(CC)CC)cc2)(C2CCCC2)C2CCCC2)cc1. The monoisotopic (exact) mass is 532 g/mol. The lowest BCUT2D eigenvalue weighted by Gasteiger charge is -2.46. The van der Waals surface area contributed by atoms with Crippen molar-refractivity contribution in [2.75, 3.05) is 0 Å². The Morgan fingerprint density at radius 3 is 1.00 bits per heavy atom. The largest absolute Gasteiger partial charge is 0.0859 e. The van der Waals surface area contributed by atoms with Crippen molar-refractivity contribution in [3.63, 3.8) is 0 Å². The lowest BCUT2D eigenvalue weighted by molar-refractivity contribution is 0.217. The minimum absolute atomic E-state index is 0.202. The molecule has 0 radical (unpaired) electrons. The normalized spacial score (nSPS) is 18.1. The van der Waals surface area contributed by atoms with Crippen LogP contribution in [0.25, 0.3) is 0 Å². The minimum atomic E-state index is -1.35. The maximum atomic E-state index is 2.63. The van der Waals surface area contributed by atoms with Gasteiger partial charge < -0.3 is 0 Å². The number of benzene rings is 2. The Morgan fingerprint density at radius 2 is 0.757 bits per heavy atom. The second kappa shape index (κ2) is 12.4. The van der Waals surface area contributed by atoms with E-state index in [1.807, 2.05) is 0 Å². The first-order valence-electron chi connectivity index (χ1n) is 16.2. The number of hydrogen-bond donors (Lipinski definition) is 0. The highest BCUT2D eigenvalue weighted by molar-refractivity contribution is 6.92. The quantitative estimate of drug-likeness (QED) is 0.239. The van der Waals surface area contributed by atoms with Crippen LogP contribution < -0.4 is 10.4 Å². The molecule has 0 aromatic heterocycles. The van der Waals surface area contributed by atoms with E-state index in [4.69, 9.17) is 0 Å². The van der Waals surface area contributed by atoms with E-state index < -0.39 is 16.1 Å². The average molecular weight is 533 g/mol. The molecule has 204 valence electrons. The first-order valence-corrected chi connectivity index (χ1v) is 21.5. The molecule has 0 heterocycles. The Morgan fingerprint density at radius 1 is 0.486 bits per heavy atom. The van der Waals surface area contributed by atoms with Gasteiger partial charge in [0.05, 0.1) is 16.1 Å². The zero-order chi connectivity index (χ0) is 26.5. The minimum Gasteiger partial charge on any atom is -0.0675 e. The van der Waals surface area contributed by atoms with Crippen molar-refractivity contribution in [3.8, 4) is 0 Å². The summed E-state index contributed by atoms with van der Waals surface area (Å²) in [5.41, 5.74) is 3.51. The molecule has 0 N–H and O–H groups in total. The van der Waals surface area contributed by atoms with E-state index in [2.05, 4.69) is 90.1 Å². The number of rotatable bonds is 12. The van der Waals surface area contributed by atoms with Crippen molar-refractivity contribution in [2.24, 2.45) is 11.8 Å². The van der Waals surface area contributed by atoms with E-state index in [0.717, 1.165) is 11.8 Å². The zero-order valence-electron chi connectivity index (χ0n) is 25.2. The van der Waals surface area contributed by atoms with Crippen LogP contribution in [0.15, 0.2) is 48.5 Å². The summed E-state index contributed by atoms with van der Waals surface area (Å²) in [7, 11) is -2.71. The van der Waals surface area contributed by atoms with Crippen molar-refractivity contribution in [1.82, 2.24) is 0 Å². The Hall–Kier alpha value is -1.13. The van der Waals surface area contributed by atoms with Gasteiger partial charge in [0, 0.05) is 5.41 Å². The van der Waals surface area contributed by atoms with Crippen molar-refractivity contribution < 1.29 is 0 Å². The molecule has 2 saturated carbocycles. The molecule has 0 unspecified atom stereocenters. The predicted molar refractivity (Wildman–Crippen MR) is 171 cm³/mol. The van der Waals surface area contributed by atoms with Crippen molar-refractivity contribution in [3.05, 3.63) is 59.7 Å². The van der Waals surface area contributed by atoms with E-state index >= 15 is 0 Å². The molecule has 2 aromatic rings. The molecule has 0 amide bonds. The van der Waals surface area contributed by atoms with Crippen LogP contribution in [-0.4, -0.2) is 16.1 Å². The summed E-state index contributed by atoms with van der Waals surface area (Å²) in [6.45, 7) is 14.7. The highest BCUT2D eigenvalue weighted by Gasteiger charge is 2.49. The molecule has 0 spiro atoms. The Balaban J connectivity index is 1.87. The third-order valence-corrected chi connectivity index (χ3v) is 23.2. The molecule has 2 heteroatoms. The summed E-state index contributed by atoms with van der Waals surface area (Å²) in [5, 5.41) is 3.41. The molecule has 37 heavy (non-hydrogen) atoms. The second-order valence-electron chi connectivity index (χ2n) is 12.7. The fraction of sp³-hybridized carbons (Fsp3) is 0.657. The summed E-state index contributed by atoms with van der Waals surface area (Å²) in [6.07, 6.45) is 11.3. The predicted octanol–water partition coefficient (Wildman–Crippen LogP) is 9.78. The van der Waals surface area contributed by atoms with Crippen LogP contribution in [0.5, 0.6) is 0 Å². The lowest BCUT2D eigenvalue weighted by atomic mass is 9.57. The maximum absolute atomic E-state index is 2.63. The molecule has 0 bridgehead atoms. The van der Waals surface area contributed by atoms with Gasteiger partial charge in [-0.25, -0.2) is 0 Å². The molecule has 2 fully saturated rings. The van der Waals surface area contributed by atoms with Crippen LogP contribution in [0.1, 0.15) is 104 Å². The fourth-order valence-corrected chi connectivity index (χ4v) is 16.3. The van der Waals surface area contributed by atoms with Crippen molar-refractivity contribution >= 4 is 26.5 Å². The second-order valence-corrected chi connectivity index (χ2v) is 23.2. The van der Waals surface area contributed by atoms with Gasteiger partial charge in [-0.3, -0.25) is 0 Å². The van der Waals surface area contributed by atoms with Crippen LogP contribution in [0.4, 0.5) is 0 Å². The summed E-state index contributed by atoms with van der Waals surface area (Å²) < 4.78 is 0. The van der Waals surface area contributed by atoms with Crippen LogP contribution in [0.2, 0.25) is 36.3 Å². The molecule has 4 rings (SSSR count). The molecule has 2 aliphatic rings. The van der Waals surface area contributed by atoms with Gasteiger partial charge in [-0.1, -0.05) is 162 Å². The van der Waals surface area contributed by atoms with Gasteiger partial charge >= 0.3 is 0 Å². The van der Waals surface area contributed by atoms with Crippen molar-refractivity contribution in [1.29, 1.82) is 0 Å². The molecular formula is C35H56Si2. The Bertz CT molecular complexity index is 855. The van der Waals surface area contributed by atoms with Gasteiger partial charge in [0.25, 0.3) is 0 Å². The molecule has 0 nitrogen and oxygen atoms in total. The van der Waals surface area contributed by atoms with Crippen LogP contribution in [0.3, 0.4) is 0 Å². The van der Waals surface area contributed by atoms with Gasteiger partial charge in [-0.2, -0.15) is 0 Å². The van der Waals surface area contributed by atoms with E-state index in [1.54, 1.807) is 21.5 Å². The average Bonchev–Trinajstić information content (AvgIpc) is 3.69. The summed E-state index contributed by atoms with van der Waals surface area (Å²) >= 11 is 0. The smallest absolute Gasteiger partial charge is 0.0675 e. The molecule has 0 saturated heterocycles. The summed E-state index contributed by atoms with van der Waals surface area (Å²) in [6, 6.07) is 29.2. The fourth-order valence-electron chi connectivity index (χ4n) is 9.13. The molecule has 0 aliphatic heterocycles. The van der Waals surface area contributed by atoms with Crippen LogP contribution in [-0.2, 0) is 5.41 Å².